The monoisotopic (exact) mass is 420 g/mol. The van der Waals surface area contributed by atoms with Crippen molar-refractivity contribution in [3.63, 3.8) is 0 Å². The van der Waals surface area contributed by atoms with Gasteiger partial charge in [-0.1, -0.05) is 47.5 Å². The van der Waals surface area contributed by atoms with Crippen molar-refractivity contribution in [1.82, 2.24) is 5.32 Å². The number of nitrogens with zero attached hydrogens (tertiary/aromatic N) is 1. The van der Waals surface area contributed by atoms with Crippen molar-refractivity contribution >= 4 is 40.7 Å². The normalized spacial score (nSPS) is 16.5. The average molecular weight is 421 g/mol. The summed E-state index contributed by atoms with van der Waals surface area (Å²) in [5, 5.41) is 3.61. The van der Waals surface area contributed by atoms with Gasteiger partial charge in [-0.2, -0.15) is 0 Å². The molecule has 5 nitrogen and oxygen atoms in total. The molecule has 2 aromatic rings. The van der Waals surface area contributed by atoms with Gasteiger partial charge in [-0.25, -0.2) is 0 Å². The number of halogens is 2. The Morgan fingerprint density at radius 1 is 1.21 bits per heavy atom. The lowest BCUT2D eigenvalue weighted by Crippen LogP contribution is -2.32. The second kappa shape index (κ2) is 8.84. The van der Waals surface area contributed by atoms with Crippen LogP contribution in [0.1, 0.15) is 25.8 Å². The van der Waals surface area contributed by atoms with Crippen molar-refractivity contribution < 1.29 is 14.3 Å². The van der Waals surface area contributed by atoms with Gasteiger partial charge in [0, 0.05) is 25.1 Å². The van der Waals surface area contributed by atoms with Crippen molar-refractivity contribution in [3.8, 4) is 5.75 Å². The maximum atomic E-state index is 12.6. The van der Waals surface area contributed by atoms with Crippen LogP contribution in [0.5, 0.6) is 5.75 Å². The molecule has 1 N–H and O–H groups in total. The summed E-state index contributed by atoms with van der Waals surface area (Å²) in [5.41, 5.74) is 1.42. The number of ether oxygens (including phenoxy) is 1. The average Bonchev–Trinajstić information content (AvgIpc) is 3.04. The van der Waals surface area contributed by atoms with E-state index in [0.29, 0.717) is 22.3 Å². The first kappa shape index (κ1) is 20.5. The van der Waals surface area contributed by atoms with Gasteiger partial charge in [-0.15, -0.1) is 0 Å². The van der Waals surface area contributed by atoms with Crippen LogP contribution in [-0.4, -0.2) is 24.5 Å². The molecule has 1 aliphatic rings. The van der Waals surface area contributed by atoms with Gasteiger partial charge in [-0.3, -0.25) is 9.59 Å². The van der Waals surface area contributed by atoms with Crippen LogP contribution in [0, 0.1) is 5.92 Å². The number of nitrogens with one attached hydrogen (secondary N) is 1. The minimum Gasteiger partial charge on any atom is -0.491 e. The van der Waals surface area contributed by atoms with Crippen molar-refractivity contribution in [2.75, 3.05) is 11.4 Å². The lowest BCUT2D eigenvalue weighted by atomic mass is 10.1. The Labute approximate surface area is 174 Å². The molecule has 1 fully saturated rings. The number of rotatable bonds is 6. The van der Waals surface area contributed by atoms with Gasteiger partial charge in [-0.05, 0) is 32.0 Å². The van der Waals surface area contributed by atoms with E-state index in [1.807, 2.05) is 38.1 Å². The zero-order chi connectivity index (χ0) is 20.3. The third-order valence-corrected chi connectivity index (χ3v) is 5.32. The molecule has 1 saturated heterocycles. The second-order valence-electron chi connectivity index (χ2n) is 6.97. The van der Waals surface area contributed by atoms with E-state index in [1.165, 1.54) is 4.90 Å². The minimum atomic E-state index is -0.444. The molecular weight excluding hydrogens is 399 g/mol. The molecule has 28 heavy (non-hydrogen) atoms. The lowest BCUT2D eigenvalue weighted by Gasteiger charge is -2.19. The topological polar surface area (TPSA) is 58.6 Å². The molecule has 0 aliphatic carbocycles. The van der Waals surface area contributed by atoms with Gasteiger partial charge in [0.15, 0.2) is 0 Å². The Kier molecular flexibility index (Phi) is 6.47. The smallest absolute Gasteiger partial charge is 0.227 e. The SMILES string of the molecule is CC(C)Oc1ccccc1CNC(=O)[C@H]1CC(=O)N(c2cccc(Cl)c2Cl)C1. The summed E-state index contributed by atoms with van der Waals surface area (Å²) in [6, 6.07) is 12.7. The maximum absolute atomic E-state index is 12.6. The Hall–Kier alpha value is -2.24. The predicted octanol–water partition coefficient (Wildman–Crippen LogP) is 4.45. The summed E-state index contributed by atoms with van der Waals surface area (Å²) < 4.78 is 5.78. The number of benzene rings is 2. The quantitative estimate of drug-likeness (QED) is 0.750. The summed E-state index contributed by atoms with van der Waals surface area (Å²) in [4.78, 5) is 26.6. The third-order valence-electron chi connectivity index (χ3n) is 4.51. The number of para-hydroxylation sites is 1. The van der Waals surface area contributed by atoms with Crippen molar-refractivity contribution in [1.29, 1.82) is 0 Å². The maximum Gasteiger partial charge on any atom is 0.227 e. The molecule has 1 aliphatic heterocycles. The zero-order valence-electron chi connectivity index (χ0n) is 15.7. The van der Waals surface area contributed by atoms with E-state index in [1.54, 1.807) is 18.2 Å². The highest BCUT2D eigenvalue weighted by Crippen LogP contribution is 2.35. The number of hydrogen-bond acceptors (Lipinski definition) is 3. The van der Waals surface area contributed by atoms with Crippen LogP contribution in [0.25, 0.3) is 0 Å². The second-order valence-corrected chi connectivity index (χ2v) is 7.76. The van der Waals surface area contributed by atoms with Gasteiger partial charge >= 0.3 is 0 Å². The Morgan fingerprint density at radius 2 is 1.96 bits per heavy atom. The fourth-order valence-electron chi connectivity index (χ4n) is 3.16. The van der Waals surface area contributed by atoms with E-state index >= 15 is 0 Å². The zero-order valence-corrected chi connectivity index (χ0v) is 17.3. The van der Waals surface area contributed by atoms with Crippen LogP contribution in [-0.2, 0) is 16.1 Å². The first-order valence-electron chi connectivity index (χ1n) is 9.13. The number of amides is 2. The van der Waals surface area contributed by atoms with Crippen LogP contribution in [0.3, 0.4) is 0 Å². The Bertz CT molecular complexity index is 886. The van der Waals surface area contributed by atoms with Crippen molar-refractivity contribution in [3.05, 3.63) is 58.1 Å². The molecule has 1 heterocycles. The lowest BCUT2D eigenvalue weighted by molar-refractivity contribution is -0.126. The molecule has 3 rings (SSSR count). The third kappa shape index (κ3) is 4.59. The molecular formula is C21H22Cl2N2O3. The van der Waals surface area contributed by atoms with Crippen LogP contribution in [0.4, 0.5) is 5.69 Å². The molecule has 2 aromatic carbocycles. The molecule has 7 heteroatoms. The van der Waals surface area contributed by atoms with Gasteiger partial charge in [0.25, 0.3) is 0 Å². The molecule has 1 atom stereocenters. The number of carbonyl (C=O) groups excluding carboxylic acids is 2. The molecule has 0 unspecified atom stereocenters. The summed E-state index contributed by atoms with van der Waals surface area (Å²) in [7, 11) is 0. The summed E-state index contributed by atoms with van der Waals surface area (Å²) in [5.74, 6) is -0.0189. The van der Waals surface area contributed by atoms with Gasteiger partial charge in [0.1, 0.15) is 5.75 Å². The van der Waals surface area contributed by atoms with E-state index < -0.39 is 5.92 Å². The highest BCUT2D eigenvalue weighted by Gasteiger charge is 2.36. The standard InChI is InChI=1S/C21H22Cl2N2O3/c1-13(2)28-18-9-4-3-6-14(18)11-24-21(27)15-10-19(26)25(12-15)17-8-5-7-16(22)20(17)23/h3-9,13,15H,10-12H2,1-2H3,(H,24,27)/t15-/m0/s1. The number of carbonyl (C=O) groups is 2. The van der Waals surface area contributed by atoms with Crippen LogP contribution in [0.2, 0.25) is 10.0 Å². The summed E-state index contributed by atoms with van der Waals surface area (Å²) in [6.45, 7) is 4.52. The van der Waals surface area contributed by atoms with E-state index in [9.17, 15) is 9.59 Å². The van der Waals surface area contributed by atoms with Gasteiger partial charge in [0.05, 0.1) is 27.8 Å². The molecule has 0 bridgehead atoms. The molecule has 0 radical (unpaired) electrons. The van der Waals surface area contributed by atoms with E-state index in [0.717, 1.165) is 11.3 Å². The van der Waals surface area contributed by atoms with Gasteiger partial charge < -0.3 is 15.0 Å². The fraction of sp³-hybridized carbons (Fsp3) is 0.333. The van der Waals surface area contributed by atoms with Crippen molar-refractivity contribution in [2.24, 2.45) is 5.92 Å². The first-order chi connectivity index (χ1) is 13.4. The van der Waals surface area contributed by atoms with E-state index in [4.69, 9.17) is 27.9 Å². The number of hydrogen-bond donors (Lipinski definition) is 1. The number of anilines is 1. The molecule has 0 aromatic heterocycles. The predicted molar refractivity (Wildman–Crippen MR) is 111 cm³/mol. The Balaban J connectivity index is 1.65. The highest BCUT2D eigenvalue weighted by molar-refractivity contribution is 6.44. The van der Waals surface area contributed by atoms with E-state index in [2.05, 4.69) is 5.32 Å². The minimum absolute atomic E-state index is 0.0420. The van der Waals surface area contributed by atoms with Crippen molar-refractivity contribution in [2.45, 2.75) is 32.9 Å². The van der Waals surface area contributed by atoms with Crippen LogP contribution < -0.4 is 15.0 Å². The molecule has 0 spiro atoms. The largest absolute Gasteiger partial charge is 0.491 e. The fourth-order valence-corrected chi connectivity index (χ4v) is 3.56. The highest BCUT2D eigenvalue weighted by atomic mass is 35.5. The summed E-state index contributed by atoms with van der Waals surface area (Å²) >= 11 is 12.3. The van der Waals surface area contributed by atoms with Crippen LogP contribution in [0.15, 0.2) is 42.5 Å². The first-order valence-corrected chi connectivity index (χ1v) is 9.89. The Morgan fingerprint density at radius 3 is 2.71 bits per heavy atom. The molecule has 0 saturated carbocycles. The molecule has 148 valence electrons. The molecule has 2 amide bonds. The van der Waals surface area contributed by atoms with Gasteiger partial charge in [0.2, 0.25) is 11.8 Å². The van der Waals surface area contributed by atoms with Crippen LogP contribution >= 0.6 is 23.2 Å². The summed E-state index contributed by atoms with van der Waals surface area (Å²) in [6.07, 6.45) is 0.180. The van der Waals surface area contributed by atoms with E-state index in [-0.39, 0.29) is 30.9 Å².